The van der Waals surface area contributed by atoms with Crippen molar-refractivity contribution in [2.24, 2.45) is 20.5 Å². The molecule has 0 atom stereocenters. The van der Waals surface area contributed by atoms with Gasteiger partial charge in [0.15, 0.2) is 0 Å². The fourth-order valence-corrected chi connectivity index (χ4v) is 6.35. The van der Waals surface area contributed by atoms with Gasteiger partial charge in [0, 0.05) is 43.0 Å². The van der Waals surface area contributed by atoms with E-state index in [9.17, 15) is 0 Å². The predicted octanol–water partition coefficient (Wildman–Crippen LogP) is 14.1. The molecule has 55 heavy (non-hydrogen) atoms. The number of benzene rings is 6. The molecule has 0 aliphatic carbocycles. The summed E-state index contributed by atoms with van der Waals surface area (Å²) in [6.07, 6.45) is 0. The van der Waals surface area contributed by atoms with Gasteiger partial charge in [-0.15, -0.1) is 0 Å². The molecular weight excluding hydrogens is 681 g/mol. The molecule has 0 aliphatic rings. The normalized spacial score (nSPS) is 11.6. The zero-order valence-electron chi connectivity index (χ0n) is 32.7. The van der Waals surface area contributed by atoms with Crippen LogP contribution in [0.5, 0.6) is 23.0 Å². The van der Waals surface area contributed by atoms with Gasteiger partial charge in [-0.25, -0.2) is 0 Å². The second-order valence-electron chi connectivity index (χ2n) is 13.6. The maximum absolute atomic E-state index is 6.15. The Bertz CT molecular complexity index is 1980. The number of ether oxygens (including phenoxy) is 2. The molecular formula is C47H50N6O2. The Kier molecular flexibility index (Phi) is 12.7. The van der Waals surface area contributed by atoms with Crippen LogP contribution in [-0.4, -0.2) is 26.2 Å². The zero-order valence-corrected chi connectivity index (χ0v) is 32.7. The zero-order chi connectivity index (χ0) is 38.6. The summed E-state index contributed by atoms with van der Waals surface area (Å²) in [6.45, 7) is 17.0. The van der Waals surface area contributed by atoms with Gasteiger partial charge in [-0.1, -0.05) is 38.1 Å². The molecule has 0 aliphatic heterocycles. The number of hydrogen-bond acceptors (Lipinski definition) is 8. The van der Waals surface area contributed by atoms with Gasteiger partial charge in [-0.3, -0.25) is 0 Å². The minimum Gasteiger partial charge on any atom is -0.457 e. The van der Waals surface area contributed by atoms with Crippen molar-refractivity contribution in [3.05, 3.63) is 157 Å². The van der Waals surface area contributed by atoms with Crippen molar-refractivity contribution in [2.45, 2.75) is 47.0 Å². The molecule has 0 saturated heterocycles. The van der Waals surface area contributed by atoms with Crippen molar-refractivity contribution in [1.29, 1.82) is 0 Å². The van der Waals surface area contributed by atoms with Crippen LogP contribution in [0, 0.1) is 0 Å². The van der Waals surface area contributed by atoms with E-state index < -0.39 is 0 Å². The highest BCUT2D eigenvalue weighted by atomic mass is 16.5. The Labute approximate surface area is 325 Å². The van der Waals surface area contributed by atoms with Crippen LogP contribution in [0.1, 0.15) is 52.7 Å². The maximum Gasteiger partial charge on any atom is 0.127 e. The first-order valence-electron chi connectivity index (χ1n) is 19.1. The van der Waals surface area contributed by atoms with Crippen LogP contribution < -0.4 is 19.3 Å². The van der Waals surface area contributed by atoms with Crippen LogP contribution in [0.15, 0.2) is 166 Å². The van der Waals surface area contributed by atoms with Crippen LogP contribution in [0.4, 0.5) is 34.1 Å². The number of rotatable bonds is 16. The van der Waals surface area contributed by atoms with Crippen LogP contribution in [-0.2, 0) is 5.41 Å². The summed E-state index contributed by atoms with van der Waals surface area (Å²) >= 11 is 0. The van der Waals surface area contributed by atoms with Gasteiger partial charge in [0.05, 0.1) is 22.7 Å². The van der Waals surface area contributed by atoms with Gasteiger partial charge >= 0.3 is 0 Å². The van der Waals surface area contributed by atoms with Crippen LogP contribution in [0.25, 0.3) is 0 Å². The first-order chi connectivity index (χ1) is 26.8. The summed E-state index contributed by atoms with van der Waals surface area (Å²) in [5.41, 5.74) is 7.67. The number of hydrogen-bond donors (Lipinski definition) is 0. The Morgan fingerprint density at radius 3 is 0.855 bits per heavy atom. The molecule has 6 rings (SSSR count). The minimum atomic E-state index is -0.228. The van der Waals surface area contributed by atoms with E-state index in [-0.39, 0.29) is 5.41 Å². The lowest BCUT2D eigenvalue weighted by Gasteiger charge is -2.26. The van der Waals surface area contributed by atoms with Crippen molar-refractivity contribution in [2.75, 3.05) is 36.0 Å². The SMILES string of the molecule is CCN(CC)c1ccc(/N=N/c2ccc(Oc3ccc(C(C)(C)c4ccc(Oc5ccc(/N=N/c6ccc(N(CC)CC)cc6)cc5)cc4)cc3)cc2)cc1. The Morgan fingerprint density at radius 2 is 0.600 bits per heavy atom. The molecule has 0 fully saturated rings. The van der Waals surface area contributed by atoms with E-state index in [0.717, 1.165) is 71.9 Å². The summed E-state index contributed by atoms with van der Waals surface area (Å²) in [5.74, 6) is 3.01. The summed E-state index contributed by atoms with van der Waals surface area (Å²) in [5, 5.41) is 17.6. The van der Waals surface area contributed by atoms with Crippen LogP contribution in [0.2, 0.25) is 0 Å². The van der Waals surface area contributed by atoms with E-state index >= 15 is 0 Å². The van der Waals surface area contributed by atoms with E-state index in [2.05, 4.69) is 120 Å². The first-order valence-corrected chi connectivity index (χ1v) is 19.1. The molecule has 0 amide bonds. The molecule has 8 heteroatoms. The lowest BCUT2D eigenvalue weighted by molar-refractivity contribution is 0.481. The van der Waals surface area contributed by atoms with Crippen LogP contribution >= 0.6 is 0 Å². The van der Waals surface area contributed by atoms with Gasteiger partial charge < -0.3 is 19.3 Å². The van der Waals surface area contributed by atoms with Crippen molar-refractivity contribution < 1.29 is 9.47 Å². The highest BCUT2D eigenvalue weighted by Gasteiger charge is 2.23. The third kappa shape index (κ3) is 10.0. The summed E-state index contributed by atoms with van der Waals surface area (Å²) in [6, 6.07) is 48.1. The number of nitrogens with zero attached hydrogens (tertiary/aromatic N) is 6. The molecule has 8 nitrogen and oxygen atoms in total. The first kappa shape index (κ1) is 38.4. The minimum absolute atomic E-state index is 0.228. The summed E-state index contributed by atoms with van der Waals surface area (Å²) in [7, 11) is 0. The van der Waals surface area contributed by atoms with E-state index in [4.69, 9.17) is 9.47 Å². The van der Waals surface area contributed by atoms with Crippen molar-refractivity contribution in [1.82, 2.24) is 0 Å². The molecule has 0 bridgehead atoms. The largest absolute Gasteiger partial charge is 0.457 e. The average molecular weight is 731 g/mol. The molecule has 6 aromatic carbocycles. The molecule has 0 heterocycles. The molecule has 0 radical (unpaired) electrons. The van der Waals surface area contributed by atoms with E-state index in [0.29, 0.717) is 0 Å². The molecule has 0 aromatic heterocycles. The summed E-state index contributed by atoms with van der Waals surface area (Å²) < 4.78 is 12.3. The molecule has 6 aromatic rings. The highest BCUT2D eigenvalue weighted by molar-refractivity contribution is 5.54. The quantitative estimate of drug-likeness (QED) is 0.0929. The van der Waals surface area contributed by atoms with Crippen LogP contribution in [0.3, 0.4) is 0 Å². The van der Waals surface area contributed by atoms with Gasteiger partial charge in [0.2, 0.25) is 0 Å². The molecule has 280 valence electrons. The molecule has 0 unspecified atom stereocenters. The van der Waals surface area contributed by atoms with Crippen molar-refractivity contribution in [3.8, 4) is 23.0 Å². The van der Waals surface area contributed by atoms with E-state index in [1.54, 1.807) is 0 Å². The Morgan fingerprint density at radius 1 is 0.364 bits per heavy atom. The average Bonchev–Trinajstić information content (AvgIpc) is 3.22. The molecule has 0 saturated carbocycles. The van der Waals surface area contributed by atoms with Crippen molar-refractivity contribution >= 4 is 34.1 Å². The fourth-order valence-electron chi connectivity index (χ4n) is 6.35. The second kappa shape index (κ2) is 18.2. The fraction of sp³-hybridized carbons (Fsp3) is 0.234. The Balaban J connectivity index is 1.00. The Hall–Kier alpha value is -6.28. The molecule has 0 spiro atoms. The predicted molar refractivity (Wildman–Crippen MR) is 226 cm³/mol. The third-order valence-electron chi connectivity index (χ3n) is 9.82. The van der Waals surface area contributed by atoms with E-state index in [1.165, 1.54) is 22.5 Å². The summed E-state index contributed by atoms with van der Waals surface area (Å²) in [4.78, 5) is 4.60. The standard InChI is InChI=1S/C47H50N6O2/c1-7-52(8-2)41-23-15-37(16-24-41)48-50-39-19-31-45(32-20-39)54-43-27-11-35(12-28-43)47(5,6)36-13-29-44(30-14-36)55-46-33-21-40(22-34-46)51-49-38-17-25-42(26-18-38)53(9-3)10-4/h11-34H,7-10H2,1-6H3/b50-48+,51-49+. The molecule has 0 N–H and O–H groups in total. The lowest BCUT2D eigenvalue weighted by Crippen LogP contribution is -2.21. The highest BCUT2D eigenvalue weighted by Crippen LogP contribution is 2.35. The number of azo groups is 2. The smallest absolute Gasteiger partial charge is 0.127 e. The second-order valence-corrected chi connectivity index (χ2v) is 13.6. The topological polar surface area (TPSA) is 74.4 Å². The van der Waals surface area contributed by atoms with Gasteiger partial charge in [-0.05, 0) is 160 Å². The van der Waals surface area contributed by atoms with Gasteiger partial charge in [0.25, 0.3) is 0 Å². The van der Waals surface area contributed by atoms with E-state index in [1.807, 2.05) is 97.1 Å². The third-order valence-corrected chi connectivity index (χ3v) is 9.82. The lowest BCUT2D eigenvalue weighted by atomic mass is 9.78. The van der Waals surface area contributed by atoms with Gasteiger partial charge in [-0.2, -0.15) is 20.5 Å². The maximum atomic E-state index is 6.15. The number of anilines is 2. The monoisotopic (exact) mass is 730 g/mol. The van der Waals surface area contributed by atoms with Gasteiger partial charge in [0.1, 0.15) is 23.0 Å². The van der Waals surface area contributed by atoms with Crippen molar-refractivity contribution in [3.63, 3.8) is 0 Å².